The van der Waals surface area contributed by atoms with Crippen LogP contribution in [0.2, 0.25) is 0 Å². The fourth-order valence-corrected chi connectivity index (χ4v) is 10.4. The van der Waals surface area contributed by atoms with E-state index < -0.39 is 0 Å². The summed E-state index contributed by atoms with van der Waals surface area (Å²) in [5.74, 6) is 1.24. The molecule has 0 unspecified atom stereocenters. The van der Waals surface area contributed by atoms with Gasteiger partial charge in [-0.3, -0.25) is 4.57 Å². The number of thiophene rings is 2. The van der Waals surface area contributed by atoms with Gasteiger partial charge >= 0.3 is 0 Å². The number of para-hydroxylation sites is 2. The van der Waals surface area contributed by atoms with Crippen molar-refractivity contribution in [3.63, 3.8) is 0 Å². The number of fused-ring (bicyclic) bond motifs is 13. The topological polar surface area (TPSA) is 48.5 Å². The number of aromatic nitrogens is 5. The molecule has 12 rings (SSSR count). The van der Waals surface area contributed by atoms with E-state index in [9.17, 15) is 0 Å². The molecule has 0 saturated heterocycles. The highest BCUT2D eigenvalue weighted by atomic mass is 32.1. The summed E-state index contributed by atoms with van der Waals surface area (Å²) in [5.41, 5.74) is 6.50. The lowest BCUT2D eigenvalue weighted by Gasteiger charge is -2.12. The summed E-state index contributed by atoms with van der Waals surface area (Å²) in [6.07, 6.45) is 1.65. The molecule has 5 nitrogen and oxygen atoms in total. The van der Waals surface area contributed by atoms with Gasteiger partial charge in [0.15, 0.2) is 5.82 Å². The van der Waals surface area contributed by atoms with Gasteiger partial charge in [0.2, 0.25) is 5.95 Å². The number of hydrogen-bond donors (Lipinski definition) is 0. The van der Waals surface area contributed by atoms with Crippen molar-refractivity contribution in [3.05, 3.63) is 152 Å². The smallest absolute Gasteiger partial charge is 0.238 e. The summed E-state index contributed by atoms with van der Waals surface area (Å²) in [4.78, 5) is 14.8. The molecule has 0 spiro atoms. The van der Waals surface area contributed by atoms with Crippen molar-refractivity contribution in [3.8, 4) is 23.0 Å². The van der Waals surface area contributed by atoms with E-state index in [0.29, 0.717) is 11.8 Å². The second-order valence-corrected chi connectivity index (χ2v) is 15.4. The van der Waals surface area contributed by atoms with E-state index in [1.54, 1.807) is 6.33 Å². The quantitative estimate of drug-likeness (QED) is 0.184. The number of hydrogen-bond acceptors (Lipinski definition) is 5. The zero-order valence-corrected chi connectivity index (χ0v) is 29.1. The van der Waals surface area contributed by atoms with Crippen LogP contribution in [0.3, 0.4) is 0 Å². The van der Waals surface area contributed by atoms with Gasteiger partial charge in [-0.2, -0.15) is 4.98 Å². The molecule has 0 aliphatic heterocycles. The molecule has 0 aliphatic carbocycles. The minimum Gasteiger partial charge on any atom is -0.307 e. The van der Waals surface area contributed by atoms with Crippen molar-refractivity contribution in [2.45, 2.75) is 0 Å². The molecule has 12 aromatic rings. The third kappa shape index (κ3) is 3.89. The second kappa shape index (κ2) is 10.6. The maximum atomic E-state index is 5.22. The number of benzene rings is 7. The molecule has 0 radical (unpaired) electrons. The highest BCUT2D eigenvalue weighted by Gasteiger charge is 2.23. The fraction of sp³-hybridized carbons (Fsp3) is 0. The van der Waals surface area contributed by atoms with Crippen LogP contribution in [0.1, 0.15) is 0 Å². The monoisotopic (exact) mass is 699 g/mol. The highest BCUT2D eigenvalue weighted by molar-refractivity contribution is 7.26. The standard InChI is InChI=1S/C45H25N5S2/c1-5-13-36-28(9-1)32-19-20-33-29-10-2-6-14-37(29)50(43(33)42(32)49(36)27-18-22-41-35(24-27)31-12-4-8-16-39(31)52-41)45-47-25-46-44(48-45)26-17-21-40-34(23-26)30-11-3-7-15-38(30)51-40/h1-25H. The van der Waals surface area contributed by atoms with Gasteiger partial charge in [-0.1, -0.05) is 84.9 Å². The van der Waals surface area contributed by atoms with Gasteiger partial charge in [0.25, 0.3) is 0 Å². The van der Waals surface area contributed by atoms with Crippen LogP contribution in [0, 0.1) is 0 Å². The third-order valence-corrected chi connectivity index (χ3v) is 12.8. The minimum atomic E-state index is 0.593. The Morgan fingerprint density at radius 3 is 1.63 bits per heavy atom. The van der Waals surface area contributed by atoms with Crippen LogP contribution in [-0.4, -0.2) is 24.1 Å². The Morgan fingerprint density at radius 2 is 0.942 bits per heavy atom. The van der Waals surface area contributed by atoms with Gasteiger partial charge in [0, 0.05) is 73.1 Å². The van der Waals surface area contributed by atoms with Gasteiger partial charge < -0.3 is 4.57 Å². The first-order valence-corrected chi connectivity index (χ1v) is 18.9. The van der Waals surface area contributed by atoms with Crippen LogP contribution in [0.5, 0.6) is 0 Å². The molecule has 0 bridgehead atoms. The predicted molar refractivity (Wildman–Crippen MR) is 220 cm³/mol. The van der Waals surface area contributed by atoms with E-state index in [-0.39, 0.29) is 0 Å². The zero-order chi connectivity index (χ0) is 33.9. The van der Waals surface area contributed by atoms with Crippen LogP contribution in [0.25, 0.3) is 107 Å². The van der Waals surface area contributed by atoms with E-state index >= 15 is 0 Å². The third-order valence-electron chi connectivity index (χ3n) is 10.5. The van der Waals surface area contributed by atoms with Crippen LogP contribution in [0.4, 0.5) is 0 Å². The van der Waals surface area contributed by atoms with Gasteiger partial charge in [-0.15, -0.1) is 22.7 Å². The minimum absolute atomic E-state index is 0.593. The molecule has 0 atom stereocenters. The summed E-state index contributed by atoms with van der Waals surface area (Å²) < 4.78 is 9.80. The molecule has 7 heteroatoms. The van der Waals surface area contributed by atoms with Gasteiger partial charge in [0.1, 0.15) is 6.33 Å². The Kier molecular flexibility index (Phi) is 5.75. The summed E-state index contributed by atoms with van der Waals surface area (Å²) in [6.45, 7) is 0. The van der Waals surface area contributed by atoms with E-state index in [1.807, 2.05) is 22.7 Å². The molecule has 5 heterocycles. The number of nitrogens with zero attached hydrogens (tertiary/aromatic N) is 5. The number of rotatable bonds is 3. The molecule has 5 aromatic heterocycles. The van der Waals surface area contributed by atoms with Crippen molar-refractivity contribution in [1.82, 2.24) is 24.1 Å². The molecular weight excluding hydrogens is 675 g/mol. The van der Waals surface area contributed by atoms with E-state index in [0.717, 1.165) is 44.1 Å². The zero-order valence-electron chi connectivity index (χ0n) is 27.5. The first kappa shape index (κ1) is 28.3. The predicted octanol–water partition coefficient (Wildman–Crippen LogP) is 12.5. The van der Waals surface area contributed by atoms with Crippen molar-refractivity contribution >= 4 is 107 Å². The Labute approximate surface area is 304 Å². The lowest BCUT2D eigenvalue weighted by Crippen LogP contribution is -2.04. The molecule has 0 saturated carbocycles. The molecule has 7 aromatic carbocycles. The Bertz CT molecular complexity index is 3440. The summed E-state index contributed by atoms with van der Waals surface area (Å²) in [6, 6.07) is 52.6. The van der Waals surface area contributed by atoms with E-state index in [4.69, 9.17) is 15.0 Å². The SMILES string of the molecule is c1ccc2c(c1)sc1ccc(-c3ncnc(-n4c5ccccc5c5ccc6c7ccccc7n(-c7ccc8sc9ccccc9c8c7)c6c54)n3)cc12. The maximum Gasteiger partial charge on any atom is 0.238 e. The Balaban J connectivity index is 1.17. The first-order chi connectivity index (χ1) is 25.8. The van der Waals surface area contributed by atoms with Crippen LogP contribution >= 0.6 is 22.7 Å². The summed E-state index contributed by atoms with van der Waals surface area (Å²) in [5, 5.41) is 9.74. The van der Waals surface area contributed by atoms with E-state index in [1.165, 1.54) is 51.1 Å². The average Bonchev–Trinajstić information content (AvgIpc) is 3.95. The Hall–Kier alpha value is -6.41. The second-order valence-electron chi connectivity index (χ2n) is 13.3. The normalized spacial score (nSPS) is 12.2. The van der Waals surface area contributed by atoms with Crippen LogP contribution in [-0.2, 0) is 0 Å². The molecule has 242 valence electrons. The lowest BCUT2D eigenvalue weighted by atomic mass is 10.1. The molecule has 0 amide bonds. The molecular formula is C45H25N5S2. The van der Waals surface area contributed by atoms with Crippen molar-refractivity contribution < 1.29 is 0 Å². The summed E-state index contributed by atoms with van der Waals surface area (Å²) in [7, 11) is 0. The van der Waals surface area contributed by atoms with Crippen molar-refractivity contribution in [1.29, 1.82) is 0 Å². The van der Waals surface area contributed by atoms with Gasteiger partial charge in [-0.05, 0) is 60.7 Å². The maximum absolute atomic E-state index is 5.22. The first-order valence-electron chi connectivity index (χ1n) is 17.3. The van der Waals surface area contributed by atoms with Gasteiger partial charge in [0.05, 0.1) is 22.1 Å². The molecule has 0 N–H and O–H groups in total. The lowest BCUT2D eigenvalue weighted by molar-refractivity contribution is 0.947. The van der Waals surface area contributed by atoms with Crippen molar-refractivity contribution in [2.24, 2.45) is 0 Å². The largest absolute Gasteiger partial charge is 0.307 e. The van der Waals surface area contributed by atoms with Crippen LogP contribution < -0.4 is 0 Å². The molecule has 52 heavy (non-hydrogen) atoms. The fourth-order valence-electron chi connectivity index (χ4n) is 8.23. The van der Waals surface area contributed by atoms with Crippen LogP contribution in [0.15, 0.2) is 152 Å². The van der Waals surface area contributed by atoms with E-state index in [2.05, 4.69) is 155 Å². The van der Waals surface area contributed by atoms with Gasteiger partial charge in [-0.25, -0.2) is 9.97 Å². The average molecular weight is 700 g/mol. The molecule has 0 aliphatic rings. The van der Waals surface area contributed by atoms with Crippen molar-refractivity contribution in [2.75, 3.05) is 0 Å². The Morgan fingerprint density at radius 1 is 0.404 bits per heavy atom. The highest BCUT2D eigenvalue weighted by Crippen LogP contribution is 2.43. The summed E-state index contributed by atoms with van der Waals surface area (Å²) >= 11 is 3.66. The molecule has 0 fully saturated rings.